The largest absolute Gasteiger partial charge is 0.493 e. The van der Waals surface area contributed by atoms with Crippen LogP contribution in [0.4, 0.5) is 0 Å². The van der Waals surface area contributed by atoms with Crippen LogP contribution in [-0.2, 0) is 0 Å². The van der Waals surface area contributed by atoms with Crippen molar-refractivity contribution in [1.29, 1.82) is 0 Å². The number of halogens is 1. The molecule has 1 aromatic rings. The Bertz CT molecular complexity index is 462. The SMILES string of the molecule is CCCNC(=O)c1cc(OC)c(OC)c(OC)c1Br. The van der Waals surface area contributed by atoms with Crippen LogP contribution in [0.1, 0.15) is 23.7 Å². The summed E-state index contributed by atoms with van der Waals surface area (Å²) in [4.78, 5) is 12.1. The molecule has 0 aromatic heterocycles. The molecule has 0 atom stereocenters. The van der Waals surface area contributed by atoms with Crippen LogP contribution in [0.3, 0.4) is 0 Å². The first-order chi connectivity index (χ1) is 9.10. The Morgan fingerprint density at radius 1 is 1.21 bits per heavy atom. The van der Waals surface area contributed by atoms with Gasteiger partial charge in [0.05, 0.1) is 31.4 Å². The zero-order valence-corrected chi connectivity index (χ0v) is 13.1. The maximum atomic E-state index is 12.1. The summed E-state index contributed by atoms with van der Waals surface area (Å²) in [5.41, 5.74) is 0.447. The lowest BCUT2D eigenvalue weighted by molar-refractivity contribution is 0.0952. The van der Waals surface area contributed by atoms with Crippen LogP contribution in [0, 0.1) is 0 Å². The van der Waals surface area contributed by atoms with Crippen LogP contribution in [0.2, 0.25) is 0 Å². The van der Waals surface area contributed by atoms with Crippen LogP contribution >= 0.6 is 15.9 Å². The highest BCUT2D eigenvalue weighted by atomic mass is 79.9. The van der Waals surface area contributed by atoms with Gasteiger partial charge in [0.1, 0.15) is 0 Å². The number of methoxy groups -OCH3 is 3. The Labute approximate surface area is 121 Å². The molecule has 0 spiro atoms. The van der Waals surface area contributed by atoms with Gasteiger partial charge in [0.15, 0.2) is 11.5 Å². The highest BCUT2D eigenvalue weighted by molar-refractivity contribution is 9.10. The van der Waals surface area contributed by atoms with E-state index in [1.165, 1.54) is 21.3 Å². The second-order valence-electron chi connectivity index (χ2n) is 3.76. The Hall–Kier alpha value is -1.43. The quantitative estimate of drug-likeness (QED) is 0.870. The van der Waals surface area contributed by atoms with Gasteiger partial charge in [-0.2, -0.15) is 0 Å². The van der Waals surface area contributed by atoms with E-state index in [1.54, 1.807) is 6.07 Å². The topological polar surface area (TPSA) is 56.8 Å². The van der Waals surface area contributed by atoms with Gasteiger partial charge in [-0.15, -0.1) is 0 Å². The molecule has 1 aromatic carbocycles. The van der Waals surface area contributed by atoms with Gasteiger partial charge in [-0.3, -0.25) is 4.79 Å². The molecule has 5 nitrogen and oxygen atoms in total. The molecule has 106 valence electrons. The summed E-state index contributed by atoms with van der Waals surface area (Å²) in [6, 6.07) is 1.62. The van der Waals surface area contributed by atoms with E-state index < -0.39 is 0 Å². The molecule has 0 radical (unpaired) electrons. The first kappa shape index (κ1) is 15.6. The van der Waals surface area contributed by atoms with Crippen molar-refractivity contribution < 1.29 is 19.0 Å². The fourth-order valence-electron chi connectivity index (χ4n) is 1.62. The molecule has 19 heavy (non-hydrogen) atoms. The zero-order chi connectivity index (χ0) is 14.4. The number of benzene rings is 1. The van der Waals surface area contributed by atoms with Crippen LogP contribution in [0.5, 0.6) is 17.2 Å². The standard InChI is InChI=1S/C13H18BrNO4/c1-5-6-15-13(16)8-7-9(17-2)11(18-3)12(19-4)10(8)14/h7H,5-6H2,1-4H3,(H,15,16). The highest BCUT2D eigenvalue weighted by Crippen LogP contribution is 2.44. The van der Waals surface area contributed by atoms with Crippen LogP contribution in [0.15, 0.2) is 10.5 Å². The van der Waals surface area contributed by atoms with Crippen molar-refractivity contribution in [2.45, 2.75) is 13.3 Å². The third kappa shape index (κ3) is 3.32. The average Bonchev–Trinajstić information content (AvgIpc) is 2.43. The maximum absolute atomic E-state index is 12.1. The number of carbonyl (C=O) groups excluding carboxylic acids is 1. The predicted molar refractivity (Wildman–Crippen MR) is 76.4 cm³/mol. The van der Waals surface area contributed by atoms with Crippen LogP contribution in [-0.4, -0.2) is 33.8 Å². The van der Waals surface area contributed by atoms with Crippen LogP contribution < -0.4 is 19.5 Å². The Morgan fingerprint density at radius 2 is 1.84 bits per heavy atom. The number of amides is 1. The van der Waals surface area contributed by atoms with E-state index in [1.807, 2.05) is 6.92 Å². The van der Waals surface area contributed by atoms with E-state index >= 15 is 0 Å². The van der Waals surface area contributed by atoms with E-state index in [0.717, 1.165) is 6.42 Å². The third-order valence-corrected chi connectivity index (χ3v) is 3.34. The second kappa shape index (κ2) is 7.23. The van der Waals surface area contributed by atoms with E-state index in [9.17, 15) is 4.79 Å². The van der Waals surface area contributed by atoms with Gasteiger partial charge in [-0.05, 0) is 28.4 Å². The molecule has 0 aliphatic heterocycles. The number of rotatable bonds is 6. The molecule has 6 heteroatoms. The molecular weight excluding hydrogens is 314 g/mol. The summed E-state index contributed by atoms with van der Waals surface area (Å²) in [6.07, 6.45) is 0.869. The molecule has 0 aliphatic rings. The van der Waals surface area contributed by atoms with Crippen molar-refractivity contribution in [3.05, 3.63) is 16.1 Å². The lowest BCUT2D eigenvalue weighted by Gasteiger charge is -2.16. The maximum Gasteiger partial charge on any atom is 0.252 e. The fourth-order valence-corrected chi connectivity index (χ4v) is 2.26. The van der Waals surface area contributed by atoms with Crippen molar-refractivity contribution in [3.63, 3.8) is 0 Å². The van der Waals surface area contributed by atoms with Crippen LogP contribution in [0.25, 0.3) is 0 Å². The molecule has 0 bridgehead atoms. The number of hydrogen-bond acceptors (Lipinski definition) is 4. The molecule has 0 heterocycles. The Balaban J connectivity index is 3.29. The molecule has 1 N–H and O–H groups in total. The average molecular weight is 332 g/mol. The van der Waals surface area contributed by atoms with Crippen molar-refractivity contribution in [2.75, 3.05) is 27.9 Å². The molecule has 0 aliphatic carbocycles. The summed E-state index contributed by atoms with van der Waals surface area (Å²) in [6.45, 7) is 2.60. The smallest absolute Gasteiger partial charge is 0.252 e. The van der Waals surface area contributed by atoms with E-state index in [0.29, 0.717) is 33.8 Å². The van der Waals surface area contributed by atoms with Crippen molar-refractivity contribution in [3.8, 4) is 17.2 Å². The van der Waals surface area contributed by atoms with Gasteiger partial charge in [-0.1, -0.05) is 6.92 Å². The van der Waals surface area contributed by atoms with Gasteiger partial charge < -0.3 is 19.5 Å². The molecule has 0 fully saturated rings. The minimum absolute atomic E-state index is 0.187. The number of nitrogens with one attached hydrogen (secondary N) is 1. The Morgan fingerprint density at radius 3 is 2.32 bits per heavy atom. The number of ether oxygens (including phenoxy) is 3. The first-order valence-corrected chi connectivity index (χ1v) is 6.66. The normalized spacial score (nSPS) is 9.95. The van der Waals surface area contributed by atoms with E-state index in [2.05, 4.69) is 21.2 Å². The molecule has 1 rings (SSSR count). The van der Waals surface area contributed by atoms with Gasteiger partial charge in [0.25, 0.3) is 5.91 Å². The summed E-state index contributed by atoms with van der Waals surface area (Å²) in [5, 5.41) is 2.81. The fraction of sp³-hybridized carbons (Fsp3) is 0.462. The van der Waals surface area contributed by atoms with Gasteiger partial charge in [-0.25, -0.2) is 0 Å². The lowest BCUT2D eigenvalue weighted by Crippen LogP contribution is -2.24. The number of carbonyl (C=O) groups is 1. The molecule has 0 saturated heterocycles. The zero-order valence-electron chi connectivity index (χ0n) is 11.5. The van der Waals surface area contributed by atoms with Crippen molar-refractivity contribution in [2.24, 2.45) is 0 Å². The third-order valence-electron chi connectivity index (χ3n) is 2.55. The predicted octanol–water partition coefficient (Wildman–Crippen LogP) is 2.61. The summed E-state index contributed by atoms with van der Waals surface area (Å²) in [7, 11) is 4.54. The van der Waals surface area contributed by atoms with Gasteiger partial charge >= 0.3 is 0 Å². The summed E-state index contributed by atoms with van der Waals surface area (Å²) < 4.78 is 16.3. The lowest BCUT2D eigenvalue weighted by atomic mass is 10.1. The summed E-state index contributed by atoms with van der Waals surface area (Å²) in [5.74, 6) is 1.14. The van der Waals surface area contributed by atoms with E-state index in [-0.39, 0.29) is 5.91 Å². The minimum atomic E-state index is -0.187. The summed E-state index contributed by atoms with van der Waals surface area (Å²) >= 11 is 3.37. The highest BCUT2D eigenvalue weighted by Gasteiger charge is 2.22. The molecular formula is C13H18BrNO4. The van der Waals surface area contributed by atoms with Gasteiger partial charge in [0.2, 0.25) is 5.75 Å². The number of hydrogen-bond donors (Lipinski definition) is 1. The van der Waals surface area contributed by atoms with E-state index in [4.69, 9.17) is 14.2 Å². The molecule has 0 saturated carbocycles. The molecule has 1 amide bonds. The Kier molecular flexibility index (Phi) is 5.95. The van der Waals surface area contributed by atoms with Crippen molar-refractivity contribution >= 4 is 21.8 Å². The minimum Gasteiger partial charge on any atom is -0.493 e. The van der Waals surface area contributed by atoms with Gasteiger partial charge in [0, 0.05) is 6.54 Å². The first-order valence-electron chi connectivity index (χ1n) is 5.87. The van der Waals surface area contributed by atoms with Crippen molar-refractivity contribution in [1.82, 2.24) is 5.32 Å². The molecule has 0 unspecified atom stereocenters. The monoisotopic (exact) mass is 331 g/mol. The second-order valence-corrected chi connectivity index (χ2v) is 4.56.